The molecule has 0 aliphatic heterocycles. The fraction of sp³-hybridized carbons (Fsp3) is 0.316. The zero-order valence-electron chi connectivity index (χ0n) is 14.3. The third-order valence-corrected chi connectivity index (χ3v) is 5.37. The van der Waals surface area contributed by atoms with Gasteiger partial charge in [-0.3, -0.25) is 9.00 Å². The molecule has 0 aliphatic rings. The molecule has 0 radical (unpaired) electrons. The van der Waals surface area contributed by atoms with Crippen LogP contribution in [0.15, 0.2) is 54.6 Å². The Kier molecular flexibility index (Phi) is 6.55. The number of rotatable bonds is 7. The maximum absolute atomic E-state index is 12.7. The van der Waals surface area contributed by atoms with Crippen LogP contribution in [0.1, 0.15) is 19.4 Å². The monoisotopic (exact) mass is 345 g/mol. The van der Waals surface area contributed by atoms with Crippen molar-refractivity contribution in [2.75, 3.05) is 18.6 Å². The van der Waals surface area contributed by atoms with Crippen LogP contribution in [-0.4, -0.2) is 29.0 Å². The van der Waals surface area contributed by atoms with Gasteiger partial charge >= 0.3 is 0 Å². The number of carbonyl (C=O) groups excluding carboxylic acids is 1. The van der Waals surface area contributed by atoms with Gasteiger partial charge in [-0.25, -0.2) is 0 Å². The molecule has 0 N–H and O–H groups in total. The highest BCUT2D eigenvalue weighted by Gasteiger charge is 2.25. The molecular weight excluding hydrogens is 322 g/mol. The van der Waals surface area contributed by atoms with Gasteiger partial charge in [0.05, 0.1) is 12.4 Å². The number of hydrogen-bond donors (Lipinski definition) is 0. The predicted octanol–water partition coefficient (Wildman–Crippen LogP) is 3.39. The summed E-state index contributed by atoms with van der Waals surface area (Å²) in [6, 6.07) is 16.9. The average molecular weight is 345 g/mol. The van der Waals surface area contributed by atoms with Crippen molar-refractivity contribution in [1.82, 2.24) is 0 Å². The maximum atomic E-state index is 12.7. The molecule has 0 aromatic heterocycles. The molecule has 2 rings (SSSR count). The van der Waals surface area contributed by atoms with Crippen molar-refractivity contribution in [3.05, 3.63) is 60.2 Å². The summed E-state index contributed by atoms with van der Waals surface area (Å²) in [7, 11) is 0.383. The molecule has 0 heterocycles. The van der Waals surface area contributed by atoms with E-state index >= 15 is 0 Å². The largest absolute Gasteiger partial charge is 0.494 e. The van der Waals surface area contributed by atoms with E-state index < -0.39 is 16.0 Å². The van der Waals surface area contributed by atoms with E-state index in [1.807, 2.05) is 61.5 Å². The zero-order valence-corrected chi connectivity index (χ0v) is 15.1. The van der Waals surface area contributed by atoms with E-state index in [1.165, 1.54) is 0 Å². The van der Waals surface area contributed by atoms with Crippen LogP contribution in [0.4, 0.5) is 5.69 Å². The Morgan fingerprint density at radius 2 is 1.75 bits per heavy atom. The van der Waals surface area contributed by atoms with Gasteiger partial charge in [0.25, 0.3) is 0 Å². The fourth-order valence-electron chi connectivity index (χ4n) is 2.36. The first-order valence-electron chi connectivity index (χ1n) is 7.95. The molecule has 0 fully saturated rings. The molecular formula is C19H23NO3S. The van der Waals surface area contributed by atoms with Crippen molar-refractivity contribution >= 4 is 22.4 Å². The van der Waals surface area contributed by atoms with E-state index in [0.717, 1.165) is 17.0 Å². The van der Waals surface area contributed by atoms with E-state index in [-0.39, 0.29) is 5.91 Å². The van der Waals surface area contributed by atoms with Crippen LogP contribution < -0.4 is 9.64 Å². The van der Waals surface area contributed by atoms with Crippen molar-refractivity contribution in [2.24, 2.45) is 0 Å². The standard InChI is InChI=1S/C19H23NO3S/c1-4-23-18-13-9-8-10-16(18)14-24(22)15(2)19(21)20(3)17-11-6-5-7-12-17/h5-13,15H,4,14H2,1-3H3/t15-,24+/m0/s1. The minimum atomic E-state index is -1.33. The third kappa shape index (κ3) is 4.45. The van der Waals surface area contributed by atoms with Gasteiger partial charge in [-0.2, -0.15) is 0 Å². The highest BCUT2D eigenvalue weighted by molar-refractivity contribution is 7.85. The summed E-state index contributed by atoms with van der Waals surface area (Å²) in [5.41, 5.74) is 1.65. The Labute approximate surface area is 145 Å². The Bertz CT molecular complexity index is 703. The molecule has 128 valence electrons. The summed E-state index contributed by atoms with van der Waals surface area (Å²) in [5.74, 6) is 0.865. The summed E-state index contributed by atoms with van der Waals surface area (Å²) >= 11 is 0. The lowest BCUT2D eigenvalue weighted by atomic mass is 10.2. The average Bonchev–Trinajstić information content (AvgIpc) is 2.62. The quantitative estimate of drug-likeness (QED) is 0.773. The van der Waals surface area contributed by atoms with E-state index in [4.69, 9.17) is 4.74 Å². The van der Waals surface area contributed by atoms with Crippen LogP contribution in [0.3, 0.4) is 0 Å². The number of carbonyl (C=O) groups is 1. The molecule has 24 heavy (non-hydrogen) atoms. The summed E-state index contributed by atoms with van der Waals surface area (Å²) < 4.78 is 18.2. The molecule has 2 aromatic carbocycles. The van der Waals surface area contributed by atoms with E-state index in [2.05, 4.69) is 0 Å². The molecule has 2 aromatic rings. The van der Waals surface area contributed by atoms with Crippen molar-refractivity contribution in [3.63, 3.8) is 0 Å². The Hall–Kier alpha value is -2.14. The van der Waals surface area contributed by atoms with Gasteiger partial charge in [-0.1, -0.05) is 36.4 Å². The maximum Gasteiger partial charge on any atom is 0.242 e. The Morgan fingerprint density at radius 3 is 2.42 bits per heavy atom. The van der Waals surface area contributed by atoms with Crippen molar-refractivity contribution in [2.45, 2.75) is 24.9 Å². The molecule has 0 unspecified atom stereocenters. The Morgan fingerprint density at radius 1 is 1.12 bits per heavy atom. The van der Waals surface area contributed by atoms with Gasteiger partial charge < -0.3 is 9.64 Å². The third-order valence-electron chi connectivity index (χ3n) is 3.79. The zero-order chi connectivity index (χ0) is 17.5. The second-order valence-corrected chi connectivity index (χ2v) is 7.20. The van der Waals surface area contributed by atoms with Crippen LogP contribution in [0.2, 0.25) is 0 Å². The lowest BCUT2D eigenvalue weighted by molar-refractivity contribution is -0.117. The second-order valence-electron chi connectivity index (χ2n) is 5.44. The molecule has 0 spiro atoms. The number of anilines is 1. The smallest absolute Gasteiger partial charge is 0.242 e. The van der Waals surface area contributed by atoms with Gasteiger partial charge in [0.1, 0.15) is 11.0 Å². The van der Waals surface area contributed by atoms with Crippen molar-refractivity contribution < 1.29 is 13.7 Å². The lowest BCUT2D eigenvalue weighted by Crippen LogP contribution is -2.37. The fourth-order valence-corrected chi connectivity index (χ4v) is 3.54. The Balaban J connectivity index is 2.08. The number of nitrogens with zero attached hydrogens (tertiary/aromatic N) is 1. The highest BCUT2D eigenvalue weighted by Crippen LogP contribution is 2.22. The van der Waals surface area contributed by atoms with Gasteiger partial charge in [0.2, 0.25) is 5.91 Å². The summed E-state index contributed by atoms with van der Waals surface area (Å²) in [4.78, 5) is 14.1. The molecule has 4 nitrogen and oxygen atoms in total. The lowest BCUT2D eigenvalue weighted by Gasteiger charge is -2.21. The van der Waals surface area contributed by atoms with E-state index in [1.54, 1.807) is 18.9 Å². The SMILES string of the molecule is CCOc1ccccc1C[S@@](=O)[C@@H](C)C(=O)N(C)c1ccccc1. The summed E-state index contributed by atoms with van der Waals surface area (Å²) in [6.45, 7) is 4.17. The van der Waals surface area contributed by atoms with Gasteiger partial charge in [0.15, 0.2) is 0 Å². The number of hydrogen-bond acceptors (Lipinski definition) is 3. The van der Waals surface area contributed by atoms with Crippen molar-refractivity contribution in [3.8, 4) is 5.75 Å². The van der Waals surface area contributed by atoms with Crippen LogP contribution in [-0.2, 0) is 21.3 Å². The van der Waals surface area contributed by atoms with Gasteiger partial charge in [-0.15, -0.1) is 0 Å². The first-order chi connectivity index (χ1) is 11.5. The van der Waals surface area contributed by atoms with Crippen LogP contribution in [0.5, 0.6) is 5.75 Å². The van der Waals surface area contributed by atoms with E-state index in [0.29, 0.717) is 12.4 Å². The van der Waals surface area contributed by atoms with Crippen LogP contribution in [0.25, 0.3) is 0 Å². The first kappa shape index (κ1) is 18.2. The second kappa shape index (κ2) is 8.64. The molecule has 0 bridgehead atoms. The molecule has 0 aliphatic carbocycles. The molecule has 0 saturated heterocycles. The summed E-state index contributed by atoms with van der Waals surface area (Å²) in [6.07, 6.45) is 0. The molecule has 0 saturated carbocycles. The number of ether oxygens (including phenoxy) is 1. The van der Waals surface area contributed by atoms with Crippen molar-refractivity contribution in [1.29, 1.82) is 0 Å². The van der Waals surface area contributed by atoms with E-state index in [9.17, 15) is 9.00 Å². The minimum absolute atomic E-state index is 0.159. The predicted molar refractivity (Wildman–Crippen MR) is 98.8 cm³/mol. The molecule has 5 heteroatoms. The van der Waals surface area contributed by atoms with Crippen LogP contribution in [0, 0.1) is 0 Å². The molecule has 2 atom stereocenters. The number of amides is 1. The topological polar surface area (TPSA) is 46.6 Å². The van der Waals surface area contributed by atoms with Crippen LogP contribution >= 0.6 is 0 Å². The van der Waals surface area contributed by atoms with Gasteiger partial charge in [-0.05, 0) is 32.0 Å². The summed E-state index contributed by atoms with van der Waals surface area (Å²) in [5, 5.41) is -0.593. The molecule has 1 amide bonds. The first-order valence-corrected chi connectivity index (χ1v) is 9.33. The highest BCUT2D eigenvalue weighted by atomic mass is 32.2. The normalized spacial score (nSPS) is 13.1. The number of para-hydroxylation sites is 2. The van der Waals surface area contributed by atoms with Gasteiger partial charge in [0, 0.05) is 29.1 Å². The minimum Gasteiger partial charge on any atom is -0.494 e. The number of benzene rings is 2.